The van der Waals surface area contributed by atoms with Gasteiger partial charge in [-0.25, -0.2) is 9.36 Å². The van der Waals surface area contributed by atoms with E-state index < -0.39 is 61.5 Å². The quantitative estimate of drug-likeness (QED) is 0.279. The van der Waals surface area contributed by atoms with Crippen LogP contribution in [0.15, 0.2) is 52.2 Å². The number of esters is 1. The third-order valence-corrected chi connectivity index (χ3v) is 8.69. The van der Waals surface area contributed by atoms with Crippen molar-refractivity contribution in [1.29, 1.82) is 5.26 Å². The molecule has 4 rings (SSSR count). The number of rotatable bonds is 10. The van der Waals surface area contributed by atoms with Gasteiger partial charge < -0.3 is 19.1 Å². The molecule has 1 aromatic carbocycles. The number of nitrogens with zero attached hydrogens (tertiary/aromatic N) is 2. The molecule has 0 spiro atoms. The first-order valence-electron chi connectivity index (χ1n) is 13.1. The van der Waals surface area contributed by atoms with Gasteiger partial charge in [-0.05, 0) is 51.7 Å². The summed E-state index contributed by atoms with van der Waals surface area (Å²) in [4.78, 5) is 38.7. The predicted octanol–water partition coefficient (Wildman–Crippen LogP) is 2.38. The first-order chi connectivity index (χ1) is 19.0. The van der Waals surface area contributed by atoms with Crippen molar-refractivity contribution < 1.29 is 33.0 Å². The summed E-state index contributed by atoms with van der Waals surface area (Å²) < 4.78 is 37.6. The second kappa shape index (κ2) is 12.5. The molecule has 1 unspecified atom stereocenters. The van der Waals surface area contributed by atoms with Crippen LogP contribution in [0.4, 0.5) is 0 Å². The molecule has 1 saturated heterocycles. The van der Waals surface area contributed by atoms with Gasteiger partial charge in [0.2, 0.25) is 0 Å². The molecule has 2 aromatic rings. The Morgan fingerprint density at radius 3 is 2.62 bits per heavy atom. The molecule has 0 radical (unpaired) electrons. The van der Waals surface area contributed by atoms with Crippen molar-refractivity contribution in [3.63, 3.8) is 0 Å². The van der Waals surface area contributed by atoms with Crippen molar-refractivity contribution in [3.05, 3.63) is 63.4 Å². The maximum atomic E-state index is 13.9. The fourth-order valence-electron chi connectivity index (χ4n) is 4.75. The highest BCUT2D eigenvalue weighted by molar-refractivity contribution is 7.52. The molecule has 1 aliphatic carbocycles. The topological polar surface area (TPSA) is 182 Å². The molecule has 1 aromatic heterocycles. The minimum atomic E-state index is -4.28. The van der Waals surface area contributed by atoms with Crippen LogP contribution in [-0.2, 0) is 23.4 Å². The molecule has 0 bridgehead atoms. The summed E-state index contributed by atoms with van der Waals surface area (Å²) in [6.07, 6.45) is 1.49. The van der Waals surface area contributed by atoms with Crippen molar-refractivity contribution >= 4 is 13.7 Å². The number of H-pyrrole nitrogens is 1. The zero-order valence-electron chi connectivity index (χ0n) is 22.2. The number of aliphatic hydroxyl groups is 1. The van der Waals surface area contributed by atoms with Gasteiger partial charge in [0.05, 0.1) is 12.7 Å². The summed E-state index contributed by atoms with van der Waals surface area (Å²) in [5, 5.41) is 23.5. The number of aromatic amines is 1. The van der Waals surface area contributed by atoms with Crippen molar-refractivity contribution in [2.75, 3.05) is 6.61 Å². The fraction of sp³-hybridized carbons (Fsp3) is 0.538. The van der Waals surface area contributed by atoms with Gasteiger partial charge in [-0.2, -0.15) is 10.3 Å². The van der Waals surface area contributed by atoms with Crippen LogP contribution in [0, 0.1) is 16.7 Å². The number of carbonyl (C=O) groups is 1. The third kappa shape index (κ3) is 6.71. The lowest BCUT2D eigenvalue weighted by Crippen LogP contribution is -2.41. The Bertz CT molecular complexity index is 1380. The minimum absolute atomic E-state index is 0.193. The van der Waals surface area contributed by atoms with E-state index in [1.54, 1.807) is 30.3 Å². The van der Waals surface area contributed by atoms with Gasteiger partial charge in [-0.15, -0.1) is 0 Å². The van der Waals surface area contributed by atoms with Crippen molar-refractivity contribution in [3.8, 4) is 11.8 Å². The number of carbonyl (C=O) groups excluding carboxylic acids is 1. The van der Waals surface area contributed by atoms with Gasteiger partial charge in [0.15, 0.2) is 6.23 Å². The molecule has 1 aliphatic heterocycles. The molecule has 1 saturated carbocycles. The number of nitriles is 1. The van der Waals surface area contributed by atoms with E-state index in [4.69, 9.17) is 18.5 Å². The van der Waals surface area contributed by atoms with E-state index in [9.17, 15) is 29.3 Å². The summed E-state index contributed by atoms with van der Waals surface area (Å²) in [6, 6.07) is 10.2. The molecule has 2 heterocycles. The highest BCUT2D eigenvalue weighted by Crippen LogP contribution is 2.48. The SMILES string of the molecule is C[C@H](NP(=O)(OC[C@H]1O[C@@H](n2ccc(=O)[nH]c2=O)[C@](C)(C#N)[C@@H]1O)Oc1ccccc1)C(=O)OC1CCCCC1. The van der Waals surface area contributed by atoms with Gasteiger partial charge in [-0.1, -0.05) is 24.6 Å². The van der Waals surface area contributed by atoms with Crippen LogP contribution in [-0.4, -0.2) is 51.6 Å². The first-order valence-corrected chi connectivity index (χ1v) is 14.6. The van der Waals surface area contributed by atoms with E-state index in [1.165, 1.54) is 13.8 Å². The van der Waals surface area contributed by atoms with Crippen LogP contribution in [0.2, 0.25) is 0 Å². The number of hydrogen-bond acceptors (Lipinski definition) is 10. The van der Waals surface area contributed by atoms with Gasteiger partial charge >= 0.3 is 19.4 Å². The minimum Gasteiger partial charge on any atom is -0.461 e. The molecule has 40 heavy (non-hydrogen) atoms. The average Bonchev–Trinajstić information content (AvgIpc) is 3.18. The Balaban J connectivity index is 1.51. The second-order valence-electron chi connectivity index (χ2n) is 10.1. The molecule has 2 aliphatic rings. The van der Waals surface area contributed by atoms with Gasteiger partial charge in [0, 0.05) is 12.3 Å². The van der Waals surface area contributed by atoms with Crippen LogP contribution in [0.5, 0.6) is 5.75 Å². The van der Waals surface area contributed by atoms with E-state index >= 15 is 0 Å². The molecule has 2 fully saturated rings. The highest BCUT2D eigenvalue weighted by Gasteiger charge is 2.55. The Kier molecular flexibility index (Phi) is 9.28. The number of para-hydroxylation sites is 1. The smallest absolute Gasteiger partial charge is 0.459 e. The van der Waals surface area contributed by atoms with Crippen LogP contribution in [0.1, 0.15) is 52.2 Å². The van der Waals surface area contributed by atoms with E-state index in [2.05, 4.69) is 10.1 Å². The van der Waals surface area contributed by atoms with Gasteiger partial charge in [0.25, 0.3) is 5.56 Å². The van der Waals surface area contributed by atoms with Crippen molar-refractivity contribution in [2.24, 2.45) is 5.41 Å². The molecule has 6 atom stereocenters. The van der Waals surface area contributed by atoms with Crippen LogP contribution in [0.25, 0.3) is 0 Å². The van der Waals surface area contributed by atoms with Crippen molar-refractivity contribution in [1.82, 2.24) is 14.6 Å². The number of aliphatic hydroxyl groups excluding tert-OH is 1. The number of aromatic nitrogens is 2. The first kappa shape index (κ1) is 29.7. The average molecular weight is 577 g/mol. The number of hydrogen-bond donors (Lipinski definition) is 3. The number of benzene rings is 1. The zero-order valence-corrected chi connectivity index (χ0v) is 23.1. The van der Waals surface area contributed by atoms with Crippen molar-refractivity contribution in [2.45, 2.75) is 76.5 Å². The number of nitrogens with one attached hydrogen (secondary N) is 2. The Hall–Kier alpha value is -3.27. The number of ether oxygens (including phenoxy) is 2. The van der Waals surface area contributed by atoms with E-state index in [1.807, 2.05) is 6.07 Å². The summed E-state index contributed by atoms with van der Waals surface area (Å²) in [5.41, 5.74) is -3.11. The van der Waals surface area contributed by atoms with Gasteiger partial charge in [0.1, 0.15) is 35.5 Å². The van der Waals surface area contributed by atoms with E-state index in [0.29, 0.717) is 0 Å². The molecular weight excluding hydrogens is 543 g/mol. The van der Waals surface area contributed by atoms with Crippen LogP contribution < -0.4 is 20.9 Å². The summed E-state index contributed by atoms with van der Waals surface area (Å²) in [5.74, 6) is -0.419. The Morgan fingerprint density at radius 2 is 1.98 bits per heavy atom. The summed E-state index contributed by atoms with van der Waals surface area (Å²) in [7, 11) is -4.28. The zero-order chi connectivity index (χ0) is 28.9. The Labute approximate surface area is 230 Å². The second-order valence-corrected chi connectivity index (χ2v) is 11.8. The van der Waals surface area contributed by atoms with Gasteiger partial charge in [-0.3, -0.25) is 23.7 Å². The summed E-state index contributed by atoms with van der Waals surface area (Å²) in [6.45, 7) is 2.33. The standard InChI is InChI=1S/C26H33N4O9P/c1-17(23(33)37-18-9-5-3-6-10-18)29-40(35,39-19-11-7-4-8-12-19)36-15-20-22(32)26(2,16-27)24(38-20)30-14-13-21(31)28-25(30)34/h4,7-8,11-14,17-18,20,22,24,32H,3,5-6,9-10,15H2,1-2H3,(H,29,35)(H,28,31,34)/t17-,20+,22+,24+,26+,40?/m0/s1. The monoisotopic (exact) mass is 576 g/mol. The predicted molar refractivity (Wildman–Crippen MR) is 141 cm³/mol. The van der Waals surface area contributed by atoms with Crippen LogP contribution in [0.3, 0.4) is 0 Å². The molecule has 0 amide bonds. The summed E-state index contributed by atoms with van der Waals surface area (Å²) >= 11 is 0. The van der Waals surface area contributed by atoms with Crippen LogP contribution >= 0.6 is 7.75 Å². The fourth-order valence-corrected chi connectivity index (χ4v) is 6.25. The molecule has 13 nitrogen and oxygen atoms in total. The highest BCUT2D eigenvalue weighted by atomic mass is 31.2. The lowest BCUT2D eigenvalue weighted by molar-refractivity contribution is -0.152. The van der Waals surface area contributed by atoms with E-state index in [0.717, 1.165) is 48.9 Å². The lowest BCUT2D eigenvalue weighted by Gasteiger charge is -2.27. The molecular formula is C26H33N4O9P. The maximum Gasteiger partial charge on any atom is 0.459 e. The molecule has 216 valence electrons. The molecule has 14 heteroatoms. The third-order valence-electron chi connectivity index (χ3n) is 7.05. The van der Waals surface area contributed by atoms with E-state index in [-0.39, 0.29) is 11.9 Å². The Morgan fingerprint density at radius 1 is 1.27 bits per heavy atom. The normalized spacial score (nSPS) is 27.3. The maximum absolute atomic E-state index is 13.9. The molecule has 3 N–H and O–H groups in total. The lowest BCUT2D eigenvalue weighted by atomic mass is 9.84. The largest absolute Gasteiger partial charge is 0.461 e.